The van der Waals surface area contributed by atoms with Crippen molar-refractivity contribution in [3.05, 3.63) is 52.7 Å². The van der Waals surface area contributed by atoms with Gasteiger partial charge in [-0.2, -0.15) is 13.2 Å². The van der Waals surface area contributed by atoms with Gasteiger partial charge in [-0.1, -0.05) is 6.07 Å². The summed E-state index contributed by atoms with van der Waals surface area (Å²) < 4.78 is 43.7. The van der Waals surface area contributed by atoms with Gasteiger partial charge in [0.1, 0.15) is 17.3 Å². The number of rotatable bonds is 7. The summed E-state index contributed by atoms with van der Waals surface area (Å²) >= 11 is 0. The van der Waals surface area contributed by atoms with E-state index in [-0.39, 0.29) is 36.3 Å². The standard InChI is InChI=1S/C21H23F3N6O2/c1-12(8-21(22,23)24)30(11-26)19(27)16-4-3-5-18(28-16)29-10-15-13(20(29)31)6-7-17(32-2)14(15)9-25/h3-7,11-12,26-27H,8-10,25H2,1-2H3. The van der Waals surface area contributed by atoms with Crippen LogP contribution in [0.5, 0.6) is 5.75 Å². The minimum atomic E-state index is -4.44. The predicted octanol–water partition coefficient (Wildman–Crippen LogP) is 3.28. The molecule has 8 nitrogen and oxygen atoms in total. The van der Waals surface area contributed by atoms with Gasteiger partial charge in [0, 0.05) is 23.7 Å². The number of alkyl halides is 3. The summed E-state index contributed by atoms with van der Waals surface area (Å²) in [6.07, 6.45) is -4.95. The highest BCUT2D eigenvalue weighted by molar-refractivity contribution is 6.10. The zero-order chi connectivity index (χ0) is 23.6. The third-order valence-corrected chi connectivity index (χ3v) is 5.26. The predicted molar refractivity (Wildman–Crippen MR) is 113 cm³/mol. The number of anilines is 1. The molecule has 0 radical (unpaired) electrons. The largest absolute Gasteiger partial charge is 0.496 e. The first-order valence-corrected chi connectivity index (χ1v) is 9.73. The minimum absolute atomic E-state index is 0.0420. The molecule has 32 heavy (non-hydrogen) atoms. The Bertz CT molecular complexity index is 1060. The number of ether oxygens (including phenoxy) is 1. The number of nitrogens with one attached hydrogen (secondary N) is 2. The van der Waals surface area contributed by atoms with Crippen LogP contribution >= 0.6 is 0 Å². The van der Waals surface area contributed by atoms with Crippen LogP contribution in [-0.4, -0.2) is 47.3 Å². The van der Waals surface area contributed by atoms with Crippen molar-refractivity contribution in [2.75, 3.05) is 12.0 Å². The molecule has 11 heteroatoms. The van der Waals surface area contributed by atoms with Gasteiger partial charge in [-0.05, 0) is 36.8 Å². The molecule has 0 aliphatic carbocycles. The third-order valence-electron chi connectivity index (χ3n) is 5.26. The van der Waals surface area contributed by atoms with E-state index in [1.54, 1.807) is 24.3 Å². The Labute approximate surface area is 182 Å². The smallest absolute Gasteiger partial charge is 0.391 e. The van der Waals surface area contributed by atoms with Gasteiger partial charge in [-0.3, -0.25) is 20.5 Å². The summed E-state index contributed by atoms with van der Waals surface area (Å²) in [6.45, 7) is 1.65. The molecule has 0 saturated carbocycles. The van der Waals surface area contributed by atoms with Crippen molar-refractivity contribution in [2.45, 2.75) is 38.7 Å². The lowest BCUT2D eigenvalue weighted by Gasteiger charge is -2.27. The van der Waals surface area contributed by atoms with Crippen LogP contribution in [0.15, 0.2) is 30.3 Å². The van der Waals surface area contributed by atoms with Gasteiger partial charge in [-0.25, -0.2) is 4.98 Å². The number of hydrogen-bond donors (Lipinski definition) is 3. The number of carbonyl (C=O) groups is 1. The average Bonchev–Trinajstić information content (AvgIpc) is 3.08. The number of nitrogens with two attached hydrogens (primary N) is 1. The number of hydrogen-bond acceptors (Lipinski definition) is 6. The fourth-order valence-corrected chi connectivity index (χ4v) is 3.71. The highest BCUT2D eigenvalue weighted by Crippen LogP contribution is 2.34. The summed E-state index contributed by atoms with van der Waals surface area (Å²) in [7, 11) is 1.51. The van der Waals surface area contributed by atoms with Crippen LogP contribution in [0.3, 0.4) is 0 Å². The van der Waals surface area contributed by atoms with Gasteiger partial charge in [0.25, 0.3) is 5.91 Å². The molecule has 1 atom stereocenters. The van der Waals surface area contributed by atoms with Crippen molar-refractivity contribution in [1.29, 1.82) is 10.8 Å². The summed E-state index contributed by atoms with van der Waals surface area (Å²) in [5, 5.41) is 15.8. The number of benzene rings is 1. The van der Waals surface area contributed by atoms with Gasteiger partial charge < -0.3 is 15.4 Å². The molecule has 2 heterocycles. The summed E-state index contributed by atoms with van der Waals surface area (Å²) in [5.41, 5.74) is 7.79. The Balaban J connectivity index is 1.90. The number of halogens is 3. The van der Waals surface area contributed by atoms with Gasteiger partial charge in [0.05, 0.1) is 26.4 Å². The SMILES string of the molecule is COc1ccc2c(c1CN)CN(c1cccc(C(=N)N(C=N)C(C)CC(F)(F)F)n1)C2=O. The van der Waals surface area contributed by atoms with E-state index in [1.807, 2.05) is 0 Å². The van der Waals surface area contributed by atoms with Gasteiger partial charge in [0.15, 0.2) is 5.84 Å². The Morgan fingerprint density at radius 3 is 2.69 bits per heavy atom. The van der Waals surface area contributed by atoms with E-state index in [2.05, 4.69) is 4.98 Å². The Kier molecular flexibility index (Phi) is 6.49. The first-order valence-electron chi connectivity index (χ1n) is 9.73. The number of amides is 1. The van der Waals surface area contributed by atoms with Crippen molar-refractivity contribution in [3.8, 4) is 5.75 Å². The van der Waals surface area contributed by atoms with E-state index in [0.29, 0.717) is 23.2 Å². The molecule has 0 fully saturated rings. The maximum absolute atomic E-state index is 13.0. The fourth-order valence-electron chi connectivity index (χ4n) is 3.71. The second-order valence-electron chi connectivity index (χ2n) is 7.30. The highest BCUT2D eigenvalue weighted by Gasteiger charge is 2.34. The molecule has 1 aliphatic rings. The van der Waals surface area contributed by atoms with Crippen LogP contribution < -0.4 is 15.4 Å². The second kappa shape index (κ2) is 8.95. The zero-order valence-electron chi connectivity index (χ0n) is 17.5. The molecular formula is C21H23F3N6O2. The van der Waals surface area contributed by atoms with Crippen LogP contribution in [-0.2, 0) is 13.1 Å². The number of pyridine rings is 1. The molecule has 0 spiro atoms. The highest BCUT2D eigenvalue weighted by atomic mass is 19.4. The molecule has 3 rings (SSSR count). The molecule has 1 aromatic heterocycles. The van der Waals surface area contributed by atoms with E-state index in [9.17, 15) is 18.0 Å². The molecule has 1 aliphatic heterocycles. The number of methoxy groups -OCH3 is 1. The first-order chi connectivity index (χ1) is 15.1. The van der Waals surface area contributed by atoms with E-state index in [4.69, 9.17) is 21.3 Å². The van der Waals surface area contributed by atoms with E-state index < -0.39 is 18.6 Å². The lowest BCUT2D eigenvalue weighted by atomic mass is 10.0. The summed E-state index contributed by atoms with van der Waals surface area (Å²) in [4.78, 5) is 19.6. The number of nitrogens with zero attached hydrogens (tertiary/aromatic N) is 3. The maximum atomic E-state index is 13.0. The first kappa shape index (κ1) is 23.2. The van der Waals surface area contributed by atoms with E-state index in [1.165, 1.54) is 25.0 Å². The van der Waals surface area contributed by atoms with E-state index in [0.717, 1.165) is 10.5 Å². The molecule has 0 bridgehead atoms. The maximum Gasteiger partial charge on any atom is 0.391 e. The minimum Gasteiger partial charge on any atom is -0.496 e. The zero-order valence-corrected chi connectivity index (χ0v) is 17.5. The average molecular weight is 448 g/mol. The number of amidine groups is 1. The van der Waals surface area contributed by atoms with Gasteiger partial charge in [0.2, 0.25) is 0 Å². The normalized spacial score (nSPS) is 14.2. The van der Waals surface area contributed by atoms with Crippen molar-refractivity contribution in [1.82, 2.24) is 9.88 Å². The third kappa shape index (κ3) is 4.42. The Morgan fingerprint density at radius 1 is 1.38 bits per heavy atom. The lowest BCUT2D eigenvalue weighted by molar-refractivity contribution is -0.141. The summed E-state index contributed by atoms with van der Waals surface area (Å²) in [6, 6.07) is 6.74. The van der Waals surface area contributed by atoms with Crippen molar-refractivity contribution < 1.29 is 22.7 Å². The van der Waals surface area contributed by atoms with Crippen LogP contribution in [0.4, 0.5) is 19.0 Å². The second-order valence-corrected chi connectivity index (χ2v) is 7.30. The van der Waals surface area contributed by atoms with Crippen LogP contribution in [0, 0.1) is 10.8 Å². The quantitative estimate of drug-likeness (QED) is 0.444. The summed E-state index contributed by atoms with van der Waals surface area (Å²) in [5.74, 6) is 0.142. The van der Waals surface area contributed by atoms with Gasteiger partial charge >= 0.3 is 6.18 Å². The molecular weight excluding hydrogens is 425 g/mol. The van der Waals surface area contributed by atoms with Crippen molar-refractivity contribution in [3.63, 3.8) is 0 Å². The lowest BCUT2D eigenvalue weighted by Crippen LogP contribution is -2.40. The van der Waals surface area contributed by atoms with Crippen LogP contribution in [0.25, 0.3) is 0 Å². The fraction of sp³-hybridized carbons (Fsp3) is 0.333. The molecule has 170 valence electrons. The van der Waals surface area contributed by atoms with Crippen LogP contribution in [0.2, 0.25) is 0 Å². The number of carbonyl (C=O) groups excluding carboxylic acids is 1. The topological polar surface area (TPSA) is 119 Å². The van der Waals surface area contributed by atoms with E-state index >= 15 is 0 Å². The molecule has 1 aromatic carbocycles. The number of fused-ring (bicyclic) bond motifs is 1. The number of aromatic nitrogens is 1. The Morgan fingerprint density at radius 2 is 2.09 bits per heavy atom. The van der Waals surface area contributed by atoms with Gasteiger partial charge in [-0.15, -0.1) is 0 Å². The monoisotopic (exact) mass is 448 g/mol. The van der Waals surface area contributed by atoms with Crippen molar-refractivity contribution in [2.24, 2.45) is 5.73 Å². The molecule has 4 N–H and O–H groups in total. The molecule has 1 amide bonds. The molecule has 1 unspecified atom stereocenters. The Hall–Kier alpha value is -3.47. The van der Waals surface area contributed by atoms with Crippen LogP contribution in [0.1, 0.15) is 40.5 Å². The molecule has 0 saturated heterocycles. The molecule has 2 aromatic rings. The van der Waals surface area contributed by atoms with Crippen molar-refractivity contribution >= 4 is 23.9 Å².